The molecule has 2 aromatic carbocycles. The third-order valence-corrected chi connectivity index (χ3v) is 2.76. The maximum absolute atomic E-state index is 13.3. The molecule has 0 saturated carbocycles. The molecule has 2 rings (SSSR count). The van der Waals surface area contributed by atoms with Crippen molar-refractivity contribution in [3.05, 3.63) is 65.0 Å². The van der Waals surface area contributed by atoms with Crippen LogP contribution in [0.5, 0.6) is 0 Å². The standard InChI is InChI=1S/C17H15FN2O/c1-12-8-14(11-15(18)9-12)17(21)20-16-6-2-4-13(10-16)5-3-7-19/h2,4,6,8-11H,7,19H2,1H3,(H,20,21). The number of carbonyl (C=O) groups excluding carboxylic acids is 1. The van der Waals surface area contributed by atoms with Crippen LogP contribution in [-0.2, 0) is 0 Å². The summed E-state index contributed by atoms with van der Waals surface area (Å²) in [5.74, 6) is 4.85. The van der Waals surface area contributed by atoms with Crippen molar-refractivity contribution in [3.63, 3.8) is 0 Å². The molecular formula is C17H15FN2O. The Labute approximate surface area is 123 Å². The van der Waals surface area contributed by atoms with E-state index >= 15 is 0 Å². The van der Waals surface area contributed by atoms with Gasteiger partial charge in [0.1, 0.15) is 5.82 Å². The van der Waals surface area contributed by atoms with Crippen LogP contribution in [0.2, 0.25) is 0 Å². The van der Waals surface area contributed by atoms with Gasteiger partial charge in [0.15, 0.2) is 0 Å². The summed E-state index contributed by atoms with van der Waals surface area (Å²) in [6, 6.07) is 11.3. The first-order chi connectivity index (χ1) is 10.1. The normalized spacial score (nSPS) is 9.67. The number of anilines is 1. The lowest BCUT2D eigenvalue weighted by atomic mass is 10.1. The van der Waals surface area contributed by atoms with Crippen LogP contribution < -0.4 is 11.1 Å². The Bertz CT molecular complexity index is 709. The van der Waals surface area contributed by atoms with E-state index in [9.17, 15) is 9.18 Å². The van der Waals surface area contributed by atoms with E-state index in [4.69, 9.17) is 5.73 Å². The number of carbonyl (C=O) groups is 1. The van der Waals surface area contributed by atoms with E-state index in [2.05, 4.69) is 17.2 Å². The molecule has 0 unspecified atom stereocenters. The van der Waals surface area contributed by atoms with Crippen LogP contribution in [0.1, 0.15) is 21.5 Å². The summed E-state index contributed by atoms with van der Waals surface area (Å²) in [6.45, 7) is 2.02. The summed E-state index contributed by atoms with van der Waals surface area (Å²) in [5, 5.41) is 2.72. The summed E-state index contributed by atoms with van der Waals surface area (Å²) < 4.78 is 13.3. The fraction of sp³-hybridized carbons (Fsp3) is 0.118. The van der Waals surface area contributed by atoms with Crippen molar-refractivity contribution < 1.29 is 9.18 Å². The SMILES string of the molecule is Cc1cc(F)cc(C(=O)Nc2cccc(C#CCN)c2)c1. The highest BCUT2D eigenvalue weighted by atomic mass is 19.1. The number of nitrogens with one attached hydrogen (secondary N) is 1. The lowest BCUT2D eigenvalue weighted by molar-refractivity contribution is 0.102. The van der Waals surface area contributed by atoms with E-state index in [1.54, 1.807) is 31.2 Å². The fourth-order valence-electron chi connectivity index (χ4n) is 1.90. The van der Waals surface area contributed by atoms with Gasteiger partial charge in [-0.25, -0.2) is 4.39 Å². The summed E-state index contributed by atoms with van der Waals surface area (Å²) >= 11 is 0. The second kappa shape index (κ2) is 6.69. The number of hydrogen-bond donors (Lipinski definition) is 2. The summed E-state index contributed by atoms with van der Waals surface area (Å²) in [7, 11) is 0. The second-order valence-corrected chi connectivity index (χ2v) is 4.56. The zero-order chi connectivity index (χ0) is 15.2. The van der Waals surface area contributed by atoms with Gasteiger partial charge in [0.2, 0.25) is 0 Å². The number of nitrogens with two attached hydrogens (primary N) is 1. The molecule has 0 fully saturated rings. The van der Waals surface area contributed by atoms with Gasteiger partial charge in [-0.2, -0.15) is 0 Å². The average molecular weight is 282 g/mol. The van der Waals surface area contributed by atoms with Crippen molar-refractivity contribution >= 4 is 11.6 Å². The van der Waals surface area contributed by atoms with Crippen molar-refractivity contribution in [2.75, 3.05) is 11.9 Å². The summed E-state index contributed by atoms with van der Waals surface area (Å²) in [5.41, 5.74) is 7.66. The Morgan fingerprint density at radius 3 is 2.81 bits per heavy atom. The zero-order valence-electron chi connectivity index (χ0n) is 11.6. The van der Waals surface area contributed by atoms with Crippen LogP contribution >= 0.6 is 0 Å². The number of halogens is 1. The predicted octanol–water partition coefficient (Wildman–Crippen LogP) is 2.70. The molecule has 0 saturated heterocycles. The Kier molecular flexibility index (Phi) is 4.70. The summed E-state index contributed by atoms with van der Waals surface area (Å²) in [4.78, 5) is 12.1. The molecule has 21 heavy (non-hydrogen) atoms. The van der Waals surface area contributed by atoms with Crippen molar-refractivity contribution in [2.45, 2.75) is 6.92 Å². The van der Waals surface area contributed by atoms with Crippen molar-refractivity contribution in [1.29, 1.82) is 0 Å². The van der Waals surface area contributed by atoms with E-state index < -0.39 is 5.82 Å². The number of aryl methyl sites for hydroxylation is 1. The van der Waals surface area contributed by atoms with Gasteiger partial charge >= 0.3 is 0 Å². The first-order valence-electron chi connectivity index (χ1n) is 6.46. The number of rotatable bonds is 2. The molecule has 0 aliphatic rings. The maximum atomic E-state index is 13.3. The van der Waals surface area contributed by atoms with E-state index in [1.165, 1.54) is 12.1 Å². The number of hydrogen-bond acceptors (Lipinski definition) is 2. The molecule has 0 spiro atoms. The molecule has 0 atom stereocenters. The van der Waals surface area contributed by atoms with Crippen LogP contribution in [0.4, 0.5) is 10.1 Å². The molecule has 0 radical (unpaired) electrons. The molecule has 2 aromatic rings. The Morgan fingerprint density at radius 2 is 2.10 bits per heavy atom. The predicted molar refractivity (Wildman–Crippen MR) is 81.5 cm³/mol. The first kappa shape index (κ1) is 14.8. The van der Waals surface area contributed by atoms with E-state index in [0.717, 1.165) is 5.56 Å². The van der Waals surface area contributed by atoms with Gasteiger partial charge in [0.05, 0.1) is 6.54 Å². The smallest absolute Gasteiger partial charge is 0.255 e. The van der Waals surface area contributed by atoms with E-state index in [0.29, 0.717) is 11.3 Å². The Morgan fingerprint density at radius 1 is 1.29 bits per heavy atom. The second-order valence-electron chi connectivity index (χ2n) is 4.56. The van der Waals surface area contributed by atoms with E-state index in [1.807, 2.05) is 6.07 Å². The molecule has 0 bridgehead atoms. The molecule has 106 valence electrons. The highest BCUT2D eigenvalue weighted by Crippen LogP contribution is 2.13. The quantitative estimate of drug-likeness (QED) is 0.832. The van der Waals surface area contributed by atoms with Crippen LogP contribution in [-0.4, -0.2) is 12.5 Å². The molecule has 0 aromatic heterocycles. The first-order valence-corrected chi connectivity index (χ1v) is 6.46. The minimum absolute atomic E-state index is 0.277. The lowest BCUT2D eigenvalue weighted by Gasteiger charge is -2.06. The van der Waals surface area contributed by atoms with Crippen LogP contribution in [0.3, 0.4) is 0 Å². The molecule has 0 aliphatic carbocycles. The number of benzene rings is 2. The molecule has 0 heterocycles. The van der Waals surface area contributed by atoms with Gasteiger partial charge in [-0.1, -0.05) is 17.9 Å². The molecular weight excluding hydrogens is 267 g/mol. The van der Waals surface area contributed by atoms with Gasteiger partial charge in [0, 0.05) is 16.8 Å². The molecule has 1 amide bonds. The third kappa shape index (κ3) is 4.16. The molecule has 3 nitrogen and oxygen atoms in total. The van der Waals surface area contributed by atoms with Gasteiger partial charge in [-0.15, -0.1) is 0 Å². The highest BCUT2D eigenvalue weighted by Gasteiger charge is 2.08. The van der Waals surface area contributed by atoms with Crippen LogP contribution in [0.25, 0.3) is 0 Å². The van der Waals surface area contributed by atoms with Crippen LogP contribution in [0.15, 0.2) is 42.5 Å². The van der Waals surface area contributed by atoms with Crippen molar-refractivity contribution in [2.24, 2.45) is 5.73 Å². The van der Waals surface area contributed by atoms with Gasteiger partial charge < -0.3 is 11.1 Å². The molecule has 3 N–H and O–H groups in total. The topological polar surface area (TPSA) is 55.1 Å². The van der Waals surface area contributed by atoms with Gasteiger partial charge in [-0.05, 0) is 48.9 Å². The maximum Gasteiger partial charge on any atom is 0.255 e. The lowest BCUT2D eigenvalue weighted by Crippen LogP contribution is -2.12. The van der Waals surface area contributed by atoms with Crippen LogP contribution in [0, 0.1) is 24.6 Å². The number of amides is 1. The third-order valence-electron chi connectivity index (χ3n) is 2.76. The monoisotopic (exact) mass is 282 g/mol. The van der Waals surface area contributed by atoms with Gasteiger partial charge in [-0.3, -0.25) is 4.79 Å². The molecule has 0 aliphatic heterocycles. The van der Waals surface area contributed by atoms with E-state index in [-0.39, 0.29) is 18.0 Å². The minimum Gasteiger partial charge on any atom is -0.322 e. The van der Waals surface area contributed by atoms with Crippen molar-refractivity contribution in [3.8, 4) is 11.8 Å². The Hall–Kier alpha value is -2.64. The van der Waals surface area contributed by atoms with Crippen molar-refractivity contribution in [1.82, 2.24) is 0 Å². The molecule has 4 heteroatoms. The highest BCUT2D eigenvalue weighted by molar-refractivity contribution is 6.04. The zero-order valence-corrected chi connectivity index (χ0v) is 11.6. The van der Waals surface area contributed by atoms with Gasteiger partial charge in [0.25, 0.3) is 5.91 Å². The summed E-state index contributed by atoms with van der Waals surface area (Å²) in [6.07, 6.45) is 0. The fourth-order valence-corrected chi connectivity index (χ4v) is 1.90. The minimum atomic E-state index is -0.428. The average Bonchev–Trinajstić information content (AvgIpc) is 2.44. The Balaban J connectivity index is 2.19. The largest absolute Gasteiger partial charge is 0.322 e.